The third-order valence-electron chi connectivity index (χ3n) is 3.68. The standard InChI is InChI=1S/C15H19NO3/c17-14-11-12-5-1-2-6-13(12)16(14)8-10-19-15-7-3-4-9-18-15/h1-2,5-6,15H,3-4,7-11H2/t15-/m0/s1. The number of para-hydroxylation sites is 1. The molecule has 0 unspecified atom stereocenters. The molecule has 0 saturated carbocycles. The molecule has 0 spiro atoms. The van der Waals surface area contributed by atoms with Crippen LogP contribution in [0.4, 0.5) is 5.69 Å². The van der Waals surface area contributed by atoms with Gasteiger partial charge in [-0.2, -0.15) is 0 Å². The van der Waals surface area contributed by atoms with E-state index in [0.717, 1.165) is 37.1 Å². The molecule has 0 radical (unpaired) electrons. The summed E-state index contributed by atoms with van der Waals surface area (Å²) < 4.78 is 11.2. The van der Waals surface area contributed by atoms with E-state index in [0.29, 0.717) is 19.6 Å². The van der Waals surface area contributed by atoms with Crippen LogP contribution in [0.1, 0.15) is 24.8 Å². The molecule has 1 saturated heterocycles. The van der Waals surface area contributed by atoms with Crippen molar-refractivity contribution in [3.63, 3.8) is 0 Å². The maximum absolute atomic E-state index is 12.0. The van der Waals surface area contributed by atoms with Gasteiger partial charge in [0.2, 0.25) is 5.91 Å². The van der Waals surface area contributed by atoms with Crippen LogP contribution in [-0.4, -0.2) is 32.0 Å². The molecule has 1 fully saturated rings. The predicted molar refractivity (Wildman–Crippen MR) is 72.0 cm³/mol. The van der Waals surface area contributed by atoms with Gasteiger partial charge in [-0.15, -0.1) is 0 Å². The molecule has 1 atom stereocenters. The minimum absolute atomic E-state index is 0.0818. The first kappa shape index (κ1) is 12.6. The Kier molecular flexibility index (Phi) is 3.80. The molecule has 1 amide bonds. The van der Waals surface area contributed by atoms with Gasteiger partial charge in [0, 0.05) is 18.8 Å². The Bertz CT molecular complexity index is 454. The molecule has 0 bridgehead atoms. The van der Waals surface area contributed by atoms with Gasteiger partial charge in [-0.25, -0.2) is 0 Å². The monoisotopic (exact) mass is 261 g/mol. The number of nitrogens with zero attached hydrogens (tertiary/aromatic N) is 1. The van der Waals surface area contributed by atoms with Crippen LogP contribution >= 0.6 is 0 Å². The fraction of sp³-hybridized carbons (Fsp3) is 0.533. The van der Waals surface area contributed by atoms with E-state index in [1.54, 1.807) is 0 Å². The van der Waals surface area contributed by atoms with Crippen LogP contribution in [0.2, 0.25) is 0 Å². The highest BCUT2D eigenvalue weighted by molar-refractivity contribution is 6.01. The lowest BCUT2D eigenvalue weighted by molar-refractivity contribution is -0.160. The van der Waals surface area contributed by atoms with Crippen LogP contribution in [0.3, 0.4) is 0 Å². The summed E-state index contributed by atoms with van der Waals surface area (Å²) in [4.78, 5) is 13.8. The lowest BCUT2D eigenvalue weighted by atomic mass is 10.2. The largest absolute Gasteiger partial charge is 0.353 e. The van der Waals surface area contributed by atoms with Gasteiger partial charge in [-0.05, 0) is 30.9 Å². The predicted octanol–water partition coefficient (Wildman–Crippen LogP) is 2.12. The average Bonchev–Trinajstić information content (AvgIpc) is 2.76. The second-order valence-electron chi connectivity index (χ2n) is 5.02. The zero-order valence-corrected chi connectivity index (χ0v) is 11.0. The Labute approximate surface area is 113 Å². The van der Waals surface area contributed by atoms with E-state index in [1.807, 2.05) is 29.2 Å². The van der Waals surface area contributed by atoms with E-state index in [2.05, 4.69) is 0 Å². The summed E-state index contributed by atoms with van der Waals surface area (Å²) in [6.07, 6.45) is 3.68. The van der Waals surface area contributed by atoms with Crippen LogP contribution in [0.5, 0.6) is 0 Å². The lowest BCUT2D eigenvalue weighted by Gasteiger charge is -2.24. The molecule has 102 valence electrons. The van der Waals surface area contributed by atoms with Crippen LogP contribution in [0.15, 0.2) is 24.3 Å². The number of amides is 1. The maximum atomic E-state index is 12.0. The summed E-state index contributed by atoms with van der Waals surface area (Å²) in [5.74, 6) is 0.161. The number of rotatable bonds is 4. The van der Waals surface area contributed by atoms with Gasteiger partial charge < -0.3 is 14.4 Å². The molecule has 2 aliphatic rings. The summed E-state index contributed by atoms with van der Waals surface area (Å²) in [7, 11) is 0. The quantitative estimate of drug-likeness (QED) is 0.833. The number of hydrogen-bond donors (Lipinski definition) is 0. The van der Waals surface area contributed by atoms with E-state index in [4.69, 9.17) is 9.47 Å². The number of fused-ring (bicyclic) bond motifs is 1. The Morgan fingerprint density at radius 2 is 2.21 bits per heavy atom. The van der Waals surface area contributed by atoms with Gasteiger partial charge in [-0.3, -0.25) is 4.79 Å². The van der Waals surface area contributed by atoms with Crippen molar-refractivity contribution in [1.29, 1.82) is 0 Å². The number of benzene rings is 1. The topological polar surface area (TPSA) is 38.8 Å². The molecule has 2 heterocycles. The van der Waals surface area contributed by atoms with Gasteiger partial charge in [0.15, 0.2) is 6.29 Å². The first-order valence-corrected chi connectivity index (χ1v) is 6.96. The minimum atomic E-state index is -0.0818. The average molecular weight is 261 g/mol. The van der Waals surface area contributed by atoms with Crippen molar-refractivity contribution >= 4 is 11.6 Å². The molecule has 3 rings (SSSR count). The summed E-state index contributed by atoms with van der Waals surface area (Å²) in [5.41, 5.74) is 2.14. The van der Waals surface area contributed by atoms with Crippen LogP contribution in [-0.2, 0) is 20.7 Å². The van der Waals surface area contributed by atoms with E-state index in [1.165, 1.54) is 0 Å². The van der Waals surface area contributed by atoms with Crippen molar-refractivity contribution < 1.29 is 14.3 Å². The Hall–Kier alpha value is -1.39. The highest BCUT2D eigenvalue weighted by Crippen LogP contribution is 2.28. The summed E-state index contributed by atoms with van der Waals surface area (Å²) in [6, 6.07) is 7.95. The SMILES string of the molecule is O=C1Cc2ccccc2N1CCO[C@H]1CCCCO1. The fourth-order valence-corrected chi connectivity index (χ4v) is 2.68. The normalized spacial score (nSPS) is 22.6. The fourth-order valence-electron chi connectivity index (χ4n) is 2.68. The number of hydrogen-bond acceptors (Lipinski definition) is 3. The van der Waals surface area contributed by atoms with Crippen molar-refractivity contribution in [3.05, 3.63) is 29.8 Å². The zero-order valence-electron chi connectivity index (χ0n) is 11.0. The highest BCUT2D eigenvalue weighted by Gasteiger charge is 2.26. The van der Waals surface area contributed by atoms with E-state index >= 15 is 0 Å². The minimum Gasteiger partial charge on any atom is -0.353 e. The Balaban J connectivity index is 1.54. The Morgan fingerprint density at radius 1 is 1.32 bits per heavy atom. The smallest absolute Gasteiger partial charge is 0.231 e. The molecule has 4 heteroatoms. The van der Waals surface area contributed by atoms with Crippen LogP contribution in [0, 0.1) is 0 Å². The van der Waals surface area contributed by atoms with Crippen molar-refractivity contribution in [2.45, 2.75) is 32.0 Å². The lowest BCUT2D eigenvalue weighted by Crippen LogP contribution is -2.32. The van der Waals surface area contributed by atoms with Gasteiger partial charge in [0.05, 0.1) is 13.0 Å². The number of ether oxygens (including phenoxy) is 2. The molecule has 4 nitrogen and oxygen atoms in total. The molecule has 0 aliphatic carbocycles. The first-order chi connectivity index (χ1) is 9.34. The molecule has 19 heavy (non-hydrogen) atoms. The van der Waals surface area contributed by atoms with Crippen molar-refractivity contribution in [2.24, 2.45) is 0 Å². The molecule has 0 aromatic heterocycles. The second-order valence-corrected chi connectivity index (χ2v) is 5.02. The van der Waals surface area contributed by atoms with Crippen LogP contribution < -0.4 is 4.90 Å². The molecule has 0 N–H and O–H groups in total. The highest BCUT2D eigenvalue weighted by atomic mass is 16.7. The van der Waals surface area contributed by atoms with Crippen molar-refractivity contribution in [2.75, 3.05) is 24.7 Å². The van der Waals surface area contributed by atoms with E-state index in [-0.39, 0.29) is 12.2 Å². The third-order valence-corrected chi connectivity index (χ3v) is 3.68. The summed E-state index contributed by atoms with van der Waals surface area (Å²) in [6.45, 7) is 1.93. The second kappa shape index (κ2) is 5.72. The number of carbonyl (C=O) groups is 1. The molecule has 1 aromatic rings. The third kappa shape index (κ3) is 2.80. The van der Waals surface area contributed by atoms with Gasteiger partial charge in [0.25, 0.3) is 0 Å². The van der Waals surface area contributed by atoms with Crippen LogP contribution in [0.25, 0.3) is 0 Å². The summed E-state index contributed by atoms with van der Waals surface area (Å²) >= 11 is 0. The molecule has 2 aliphatic heterocycles. The zero-order chi connectivity index (χ0) is 13.1. The first-order valence-electron chi connectivity index (χ1n) is 6.96. The van der Waals surface area contributed by atoms with Gasteiger partial charge in [-0.1, -0.05) is 18.2 Å². The number of carbonyl (C=O) groups excluding carboxylic acids is 1. The van der Waals surface area contributed by atoms with Crippen molar-refractivity contribution in [3.8, 4) is 0 Å². The Morgan fingerprint density at radius 3 is 3.05 bits per heavy atom. The van der Waals surface area contributed by atoms with Gasteiger partial charge >= 0.3 is 0 Å². The van der Waals surface area contributed by atoms with Gasteiger partial charge in [0.1, 0.15) is 0 Å². The molecule has 1 aromatic carbocycles. The number of anilines is 1. The van der Waals surface area contributed by atoms with Crippen molar-refractivity contribution in [1.82, 2.24) is 0 Å². The maximum Gasteiger partial charge on any atom is 0.231 e. The van der Waals surface area contributed by atoms with E-state index < -0.39 is 0 Å². The molecular weight excluding hydrogens is 242 g/mol. The van der Waals surface area contributed by atoms with E-state index in [9.17, 15) is 4.79 Å². The summed E-state index contributed by atoms with van der Waals surface area (Å²) in [5, 5.41) is 0. The molecular formula is C15H19NO3.